The van der Waals surface area contributed by atoms with Crippen molar-refractivity contribution in [3.63, 3.8) is 0 Å². The molecule has 5 nitrogen and oxygen atoms in total. The maximum atomic E-state index is 11.7. The summed E-state index contributed by atoms with van der Waals surface area (Å²) < 4.78 is 4.51. The lowest BCUT2D eigenvalue weighted by Crippen LogP contribution is -2.35. The van der Waals surface area contributed by atoms with Crippen molar-refractivity contribution in [1.29, 1.82) is 0 Å². The number of rotatable bonds is 5. The second-order valence-electron chi connectivity index (χ2n) is 4.21. The lowest BCUT2D eigenvalue weighted by molar-refractivity contribution is -0.140. The first-order chi connectivity index (χ1) is 7.65. The van der Waals surface area contributed by atoms with Gasteiger partial charge in [0.1, 0.15) is 0 Å². The van der Waals surface area contributed by atoms with Gasteiger partial charge in [0, 0.05) is 19.5 Å². The summed E-state index contributed by atoms with van der Waals surface area (Å²) in [6, 6.07) is 0. The number of ether oxygens (including phenoxy) is 1. The summed E-state index contributed by atoms with van der Waals surface area (Å²) in [4.78, 5) is 22.5. The predicted molar refractivity (Wildman–Crippen MR) is 59.8 cm³/mol. The topological polar surface area (TPSA) is 67.4 Å². The van der Waals surface area contributed by atoms with Crippen LogP contribution >= 0.6 is 0 Å². The Hall–Kier alpha value is -1.10. The number of methoxy groups -OCH3 is 1. The molecule has 1 aliphatic rings. The van der Waals surface area contributed by atoms with Crippen LogP contribution in [0.25, 0.3) is 0 Å². The Labute approximate surface area is 95.9 Å². The van der Waals surface area contributed by atoms with Gasteiger partial charge in [-0.05, 0) is 18.9 Å². The molecule has 1 saturated heterocycles. The lowest BCUT2D eigenvalue weighted by atomic mass is 9.97. The van der Waals surface area contributed by atoms with Gasteiger partial charge in [-0.1, -0.05) is 6.92 Å². The van der Waals surface area contributed by atoms with Crippen LogP contribution < -0.4 is 10.6 Å². The van der Waals surface area contributed by atoms with Crippen molar-refractivity contribution in [2.24, 2.45) is 11.8 Å². The van der Waals surface area contributed by atoms with E-state index in [0.29, 0.717) is 25.3 Å². The third kappa shape index (κ3) is 3.81. The molecular formula is C11H20N2O3. The highest BCUT2D eigenvalue weighted by Crippen LogP contribution is 2.15. The van der Waals surface area contributed by atoms with Crippen LogP contribution in [0.3, 0.4) is 0 Å². The van der Waals surface area contributed by atoms with Crippen LogP contribution in [0, 0.1) is 11.8 Å². The molecule has 5 heteroatoms. The molecule has 1 heterocycles. The summed E-state index contributed by atoms with van der Waals surface area (Å²) >= 11 is 0. The third-order valence-electron chi connectivity index (χ3n) is 2.94. The standard InChI is InChI=1S/C11H20N2O3/c1-8-6-12-7-9(8)11(15)13-5-3-4-10(14)16-2/h8-9,12H,3-7H2,1-2H3,(H,13,15). The molecule has 0 aromatic rings. The average Bonchev–Trinajstić information content (AvgIpc) is 2.70. The van der Waals surface area contributed by atoms with Gasteiger partial charge in [0.2, 0.25) is 5.91 Å². The summed E-state index contributed by atoms with van der Waals surface area (Å²) in [5.74, 6) is 0.311. The van der Waals surface area contributed by atoms with E-state index in [0.717, 1.165) is 13.1 Å². The zero-order valence-corrected chi connectivity index (χ0v) is 9.91. The van der Waals surface area contributed by atoms with Gasteiger partial charge in [-0.15, -0.1) is 0 Å². The van der Waals surface area contributed by atoms with Crippen molar-refractivity contribution in [3.05, 3.63) is 0 Å². The van der Waals surface area contributed by atoms with Gasteiger partial charge >= 0.3 is 5.97 Å². The molecule has 1 aliphatic heterocycles. The highest BCUT2D eigenvalue weighted by Gasteiger charge is 2.28. The average molecular weight is 228 g/mol. The summed E-state index contributed by atoms with van der Waals surface area (Å²) in [6.45, 7) is 4.26. The van der Waals surface area contributed by atoms with E-state index in [1.54, 1.807) is 0 Å². The normalized spacial score (nSPS) is 24.1. The minimum atomic E-state index is -0.231. The van der Waals surface area contributed by atoms with E-state index in [1.165, 1.54) is 7.11 Å². The second kappa shape index (κ2) is 6.48. The Morgan fingerprint density at radius 1 is 1.44 bits per heavy atom. The van der Waals surface area contributed by atoms with Crippen LogP contribution in [0.5, 0.6) is 0 Å². The Morgan fingerprint density at radius 3 is 2.75 bits per heavy atom. The van der Waals surface area contributed by atoms with Gasteiger partial charge in [0.05, 0.1) is 13.0 Å². The fraction of sp³-hybridized carbons (Fsp3) is 0.818. The van der Waals surface area contributed by atoms with E-state index in [4.69, 9.17) is 0 Å². The van der Waals surface area contributed by atoms with Gasteiger partial charge in [-0.2, -0.15) is 0 Å². The fourth-order valence-corrected chi connectivity index (χ4v) is 1.84. The molecule has 0 bridgehead atoms. The zero-order valence-electron chi connectivity index (χ0n) is 9.91. The number of hydrogen-bond acceptors (Lipinski definition) is 4. The first-order valence-electron chi connectivity index (χ1n) is 5.70. The first-order valence-corrected chi connectivity index (χ1v) is 5.70. The van der Waals surface area contributed by atoms with E-state index in [-0.39, 0.29) is 17.8 Å². The Morgan fingerprint density at radius 2 is 2.19 bits per heavy atom. The SMILES string of the molecule is COC(=O)CCCNC(=O)C1CNCC1C. The van der Waals surface area contributed by atoms with Crippen molar-refractivity contribution in [2.45, 2.75) is 19.8 Å². The van der Waals surface area contributed by atoms with Crippen LogP contribution in [-0.4, -0.2) is 38.6 Å². The maximum absolute atomic E-state index is 11.7. The number of nitrogens with one attached hydrogen (secondary N) is 2. The van der Waals surface area contributed by atoms with Gasteiger partial charge in [-0.3, -0.25) is 9.59 Å². The van der Waals surface area contributed by atoms with Crippen LogP contribution in [0.1, 0.15) is 19.8 Å². The van der Waals surface area contributed by atoms with Crippen LogP contribution in [0.2, 0.25) is 0 Å². The number of esters is 1. The molecule has 0 radical (unpaired) electrons. The van der Waals surface area contributed by atoms with E-state index in [2.05, 4.69) is 22.3 Å². The second-order valence-corrected chi connectivity index (χ2v) is 4.21. The minimum Gasteiger partial charge on any atom is -0.469 e. The zero-order chi connectivity index (χ0) is 12.0. The Balaban J connectivity index is 2.13. The lowest BCUT2D eigenvalue weighted by Gasteiger charge is -2.13. The first kappa shape index (κ1) is 13.0. The molecule has 0 aromatic heterocycles. The molecule has 0 aliphatic carbocycles. The largest absolute Gasteiger partial charge is 0.469 e. The molecular weight excluding hydrogens is 208 g/mol. The minimum absolute atomic E-state index is 0.0677. The van der Waals surface area contributed by atoms with E-state index < -0.39 is 0 Å². The van der Waals surface area contributed by atoms with Gasteiger partial charge in [0.25, 0.3) is 0 Å². The summed E-state index contributed by atoms with van der Waals surface area (Å²) in [6.07, 6.45) is 0.988. The molecule has 1 fully saturated rings. The van der Waals surface area contributed by atoms with Crippen molar-refractivity contribution < 1.29 is 14.3 Å². The molecule has 2 N–H and O–H groups in total. The quantitative estimate of drug-likeness (QED) is 0.510. The molecule has 2 unspecified atom stereocenters. The summed E-state index contributed by atoms with van der Waals surface area (Å²) in [5.41, 5.74) is 0. The molecule has 0 spiro atoms. The summed E-state index contributed by atoms with van der Waals surface area (Å²) in [7, 11) is 1.37. The smallest absolute Gasteiger partial charge is 0.305 e. The van der Waals surface area contributed by atoms with Gasteiger partial charge < -0.3 is 15.4 Å². The molecule has 0 aromatic carbocycles. The maximum Gasteiger partial charge on any atom is 0.305 e. The highest BCUT2D eigenvalue weighted by atomic mass is 16.5. The number of carbonyl (C=O) groups is 2. The highest BCUT2D eigenvalue weighted by molar-refractivity contribution is 5.79. The number of hydrogen-bond donors (Lipinski definition) is 2. The van der Waals surface area contributed by atoms with E-state index in [1.807, 2.05) is 0 Å². The fourth-order valence-electron chi connectivity index (χ4n) is 1.84. The molecule has 2 atom stereocenters. The van der Waals surface area contributed by atoms with E-state index >= 15 is 0 Å². The molecule has 0 saturated carbocycles. The summed E-state index contributed by atoms with van der Waals surface area (Å²) in [5, 5.41) is 6.03. The van der Waals surface area contributed by atoms with Crippen molar-refractivity contribution >= 4 is 11.9 Å². The Bertz CT molecular complexity index is 256. The number of carbonyl (C=O) groups excluding carboxylic acids is 2. The van der Waals surface area contributed by atoms with Crippen molar-refractivity contribution in [2.75, 3.05) is 26.7 Å². The monoisotopic (exact) mass is 228 g/mol. The Kier molecular flexibility index (Phi) is 5.25. The van der Waals surface area contributed by atoms with E-state index in [9.17, 15) is 9.59 Å². The van der Waals surface area contributed by atoms with Crippen molar-refractivity contribution in [3.8, 4) is 0 Å². The van der Waals surface area contributed by atoms with Crippen LogP contribution in [0.4, 0.5) is 0 Å². The van der Waals surface area contributed by atoms with Crippen LogP contribution in [0.15, 0.2) is 0 Å². The third-order valence-corrected chi connectivity index (χ3v) is 2.94. The molecule has 1 amide bonds. The molecule has 1 rings (SSSR count). The predicted octanol–water partition coefficient (Wildman–Crippen LogP) is -0.0887. The van der Waals surface area contributed by atoms with Crippen LogP contribution in [-0.2, 0) is 14.3 Å². The van der Waals surface area contributed by atoms with Gasteiger partial charge in [-0.25, -0.2) is 0 Å². The van der Waals surface area contributed by atoms with Crippen molar-refractivity contribution in [1.82, 2.24) is 10.6 Å². The number of amides is 1. The molecule has 92 valence electrons. The van der Waals surface area contributed by atoms with Gasteiger partial charge in [0.15, 0.2) is 0 Å². The molecule has 16 heavy (non-hydrogen) atoms.